The monoisotopic (exact) mass is 174 g/mol. The number of hydrogen-bond donors (Lipinski definition) is 2. The van der Waals surface area contributed by atoms with Crippen LogP contribution in [0.4, 0.5) is 0 Å². The predicted octanol–water partition coefficient (Wildman–Crippen LogP) is -0.899. The van der Waals surface area contributed by atoms with Crippen LogP contribution < -0.4 is 0 Å². The van der Waals surface area contributed by atoms with Crippen LogP contribution in [-0.2, 0) is 18.2 Å². The van der Waals surface area contributed by atoms with Crippen molar-refractivity contribution in [2.45, 2.75) is 0 Å². The van der Waals surface area contributed by atoms with Crippen molar-refractivity contribution in [2.24, 2.45) is 0 Å². The van der Waals surface area contributed by atoms with E-state index in [-0.39, 0.29) is 13.2 Å². The van der Waals surface area contributed by atoms with E-state index in [0.29, 0.717) is 0 Å². The van der Waals surface area contributed by atoms with Gasteiger partial charge in [-0.3, -0.25) is 0 Å². The number of thiol groups is 1. The van der Waals surface area contributed by atoms with E-state index in [1.807, 2.05) is 0 Å². The summed E-state index contributed by atoms with van der Waals surface area (Å²) in [4.78, 5) is 0. The summed E-state index contributed by atoms with van der Waals surface area (Å²) in [6.07, 6.45) is 0. The quantitative estimate of drug-likeness (QED) is 0.427. The first-order valence-corrected chi connectivity index (χ1v) is 3.65. The maximum Gasteiger partial charge on any atom is 0.410 e. The minimum Gasteiger partial charge on any atom is -0.394 e. The molecule has 0 aliphatic rings. The minimum atomic E-state index is -3.98. The highest BCUT2D eigenvalue weighted by atomic mass is 32.3. The second-order valence-corrected chi connectivity index (χ2v) is 2.68. The summed E-state index contributed by atoms with van der Waals surface area (Å²) in [5.74, 6) is 0. The highest BCUT2D eigenvalue weighted by Gasteiger charge is 2.07. The Hall–Kier alpha value is 0.180. The molecule has 0 aliphatic carbocycles. The molecule has 0 saturated carbocycles. The lowest BCUT2D eigenvalue weighted by atomic mass is 10.8. The van der Waals surface area contributed by atoms with E-state index in [1.165, 1.54) is 0 Å². The summed E-state index contributed by atoms with van der Waals surface area (Å²) in [7, 11) is -3.98. The topological polar surface area (TPSA) is 72.8 Å². The molecule has 0 saturated heterocycles. The third-order valence-corrected chi connectivity index (χ3v) is 1.60. The molecule has 0 heterocycles. The van der Waals surface area contributed by atoms with Crippen LogP contribution in [0.15, 0.2) is 0 Å². The molecule has 0 fully saturated rings. The summed E-state index contributed by atoms with van der Waals surface area (Å²) in [6.45, 7) is -0.695. The van der Waals surface area contributed by atoms with E-state index < -0.39 is 10.4 Å². The van der Waals surface area contributed by atoms with Gasteiger partial charge in [0.2, 0.25) is 0 Å². The Balaban J connectivity index is 3.61. The normalized spacial score (nSPS) is 11.8. The van der Waals surface area contributed by atoms with Crippen molar-refractivity contribution in [2.75, 3.05) is 13.2 Å². The molecule has 5 nitrogen and oxygen atoms in total. The number of aliphatic hydroxyl groups excluding tert-OH is 1. The van der Waals surface area contributed by atoms with Gasteiger partial charge in [-0.15, -0.1) is 0 Å². The molecular weight excluding hydrogens is 168 g/mol. The fraction of sp³-hybridized carbons (Fsp3) is 1.00. The van der Waals surface area contributed by atoms with Crippen molar-refractivity contribution in [3.8, 4) is 0 Å². The highest BCUT2D eigenvalue weighted by molar-refractivity contribution is 7.92. The Morgan fingerprint density at radius 3 is 2.44 bits per heavy atom. The van der Waals surface area contributed by atoms with Crippen molar-refractivity contribution in [3.63, 3.8) is 0 Å². The zero-order chi connectivity index (χ0) is 7.33. The molecule has 56 valence electrons. The van der Waals surface area contributed by atoms with Crippen LogP contribution in [0.25, 0.3) is 0 Å². The first kappa shape index (κ1) is 9.18. The zero-order valence-electron chi connectivity index (χ0n) is 4.35. The lowest BCUT2D eigenvalue weighted by Crippen LogP contribution is -2.08. The van der Waals surface area contributed by atoms with Gasteiger partial charge in [0.15, 0.2) is 0 Å². The third-order valence-electron chi connectivity index (χ3n) is 0.410. The first-order valence-electron chi connectivity index (χ1n) is 1.95. The van der Waals surface area contributed by atoms with Gasteiger partial charge in [-0.1, -0.05) is 0 Å². The van der Waals surface area contributed by atoms with Gasteiger partial charge in [-0.05, 0) is 12.9 Å². The molecule has 0 radical (unpaired) electrons. The SMILES string of the molecule is O=S(=O)(OS)OCCO. The van der Waals surface area contributed by atoms with Gasteiger partial charge in [-0.25, -0.2) is 4.18 Å². The van der Waals surface area contributed by atoms with Crippen molar-refractivity contribution < 1.29 is 21.3 Å². The molecule has 0 amide bonds. The standard InChI is InChI=1S/C2H6O5S2/c3-1-2-6-9(4,5)7-8/h3,8H,1-2H2. The predicted molar refractivity (Wildman–Crippen MR) is 32.0 cm³/mol. The Bertz CT molecular complexity index is 148. The maximum absolute atomic E-state index is 10.1. The van der Waals surface area contributed by atoms with E-state index in [4.69, 9.17) is 5.11 Å². The summed E-state index contributed by atoms with van der Waals surface area (Å²) in [5.41, 5.74) is 0. The molecule has 0 bridgehead atoms. The minimum absolute atomic E-state index is 0.317. The summed E-state index contributed by atoms with van der Waals surface area (Å²) in [5, 5.41) is 8.06. The van der Waals surface area contributed by atoms with Crippen LogP contribution in [0.2, 0.25) is 0 Å². The van der Waals surface area contributed by atoms with E-state index in [0.717, 1.165) is 0 Å². The van der Waals surface area contributed by atoms with Crippen molar-refractivity contribution >= 4 is 23.3 Å². The lowest BCUT2D eigenvalue weighted by Gasteiger charge is -1.96. The van der Waals surface area contributed by atoms with Gasteiger partial charge in [0, 0.05) is 0 Å². The molecule has 0 spiro atoms. The number of hydrogen-bond acceptors (Lipinski definition) is 6. The maximum atomic E-state index is 10.1. The van der Waals surface area contributed by atoms with Crippen LogP contribution in [-0.4, -0.2) is 26.7 Å². The average Bonchev–Trinajstić information content (AvgIpc) is 1.84. The molecule has 0 aromatic carbocycles. The second-order valence-electron chi connectivity index (χ2n) is 1.03. The highest BCUT2D eigenvalue weighted by Crippen LogP contribution is 1.96. The Morgan fingerprint density at radius 2 is 2.11 bits per heavy atom. The Morgan fingerprint density at radius 1 is 1.56 bits per heavy atom. The molecule has 9 heavy (non-hydrogen) atoms. The largest absolute Gasteiger partial charge is 0.410 e. The summed E-state index contributed by atoms with van der Waals surface area (Å²) in [6, 6.07) is 0. The van der Waals surface area contributed by atoms with Crippen LogP contribution in [0.1, 0.15) is 0 Å². The van der Waals surface area contributed by atoms with E-state index in [2.05, 4.69) is 20.7 Å². The molecular formula is C2H6O5S2. The summed E-state index contributed by atoms with van der Waals surface area (Å²) < 4.78 is 27.8. The Labute approximate surface area is 58.5 Å². The van der Waals surface area contributed by atoms with Crippen LogP contribution in [0.3, 0.4) is 0 Å². The molecule has 0 rings (SSSR count). The molecule has 0 aromatic heterocycles. The van der Waals surface area contributed by atoms with Crippen LogP contribution >= 0.6 is 12.9 Å². The van der Waals surface area contributed by atoms with Crippen molar-refractivity contribution in [1.82, 2.24) is 0 Å². The third kappa shape index (κ3) is 4.67. The van der Waals surface area contributed by atoms with Gasteiger partial charge < -0.3 is 5.11 Å². The molecule has 1 N–H and O–H groups in total. The first-order chi connectivity index (χ1) is 4.12. The van der Waals surface area contributed by atoms with Crippen molar-refractivity contribution in [3.05, 3.63) is 0 Å². The van der Waals surface area contributed by atoms with Gasteiger partial charge in [0.25, 0.3) is 0 Å². The molecule has 7 heteroatoms. The van der Waals surface area contributed by atoms with Gasteiger partial charge in [-0.2, -0.15) is 12.0 Å². The molecule has 0 aliphatic heterocycles. The van der Waals surface area contributed by atoms with Crippen LogP contribution in [0, 0.1) is 0 Å². The van der Waals surface area contributed by atoms with Crippen molar-refractivity contribution in [1.29, 1.82) is 0 Å². The fourth-order valence-electron chi connectivity index (χ4n) is 0.161. The summed E-state index contributed by atoms with van der Waals surface area (Å²) >= 11 is 2.98. The number of rotatable bonds is 4. The van der Waals surface area contributed by atoms with Gasteiger partial charge in [0.05, 0.1) is 13.2 Å². The van der Waals surface area contributed by atoms with Gasteiger partial charge >= 0.3 is 10.4 Å². The van der Waals surface area contributed by atoms with E-state index in [9.17, 15) is 8.42 Å². The second kappa shape index (κ2) is 4.07. The number of aliphatic hydroxyl groups is 1. The molecule has 0 atom stereocenters. The molecule has 0 unspecified atom stereocenters. The smallest absolute Gasteiger partial charge is 0.394 e. The van der Waals surface area contributed by atoms with Gasteiger partial charge in [0.1, 0.15) is 0 Å². The Kier molecular flexibility index (Phi) is 4.15. The average molecular weight is 174 g/mol. The zero-order valence-corrected chi connectivity index (χ0v) is 6.06. The van der Waals surface area contributed by atoms with Crippen LogP contribution in [0.5, 0.6) is 0 Å². The van der Waals surface area contributed by atoms with E-state index in [1.54, 1.807) is 0 Å². The molecule has 0 aromatic rings. The van der Waals surface area contributed by atoms with E-state index >= 15 is 0 Å². The fourth-order valence-corrected chi connectivity index (χ4v) is 0.612. The lowest BCUT2D eigenvalue weighted by molar-refractivity contribution is 0.193.